The minimum Gasteiger partial charge on any atom is -0.337 e. The third kappa shape index (κ3) is 2.20. The maximum Gasteiger partial charge on any atom is 0.248 e. The van der Waals surface area contributed by atoms with E-state index in [2.05, 4.69) is 10.3 Å². The summed E-state index contributed by atoms with van der Waals surface area (Å²) in [5, 5.41) is 4.03. The summed E-state index contributed by atoms with van der Waals surface area (Å²) < 4.78 is 0. The minimum atomic E-state index is -0.109. The molecule has 0 saturated carbocycles. The van der Waals surface area contributed by atoms with Crippen LogP contribution in [-0.2, 0) is 11.3 Å². The van der Waals surface area contributed by atoms with Gasteiger partial charge in [-0.25, -0.2) is 0 Å². The van der Waals surface area contributed by atoms with E-state index in [-0.39, 0.29) is 17.5 Å². The molecule has 1 saturated heterocycles. The summed E-state index contributed by atoms with van der Waals surface area (Å²) in [5.41, 5.74) is 1.76. The second kappa shape index (κ2) is 5.09. The highest BCUT2D eigenvalue weighted by molar-refractivity contribution is 5.85. The first kappa shape index (κ1) is 12.9. The summed E-state index contributed by atoms with van der Waals surface area (Å²) in [6.07, 6.45) is 0.844. The van der Waals surface area contributed by atoms with Crippen molar-refractivity contribution in [3.63, 3.8) is 0 Å². The van der Waals surface area contributed by atoms with Crippen molar-refractivity contribution in [2.75, 3.05) is 13.6 Å². The maximum absolute atomic E-state index is 12.1. The van der Waals surface area contributed by atoms with Crippen molar-refractivity contribution in [3.05, 3.63) is 46.2 Å². The largest absolute Gasteiger partial charge is 0.337 e. The summed E-state index contributed by atoms with van der Waals surface area (Å²) in [5.74, 6) is 0.147. The molecule has 2 N–H and O–H groups in total. The molecule has 0 spiro atoms. The van der Waals surface area contributed by atoms with Crippen molar-refractivity contribution >= 4 is 16.8 Å². The number of fused-ring (bicyclic) bond motifs is 1. The Kier molecular flexibility index (Phi) is 3.28. The monoisotopic (exact) mass is 271 g/mol. The number of H-pyrrole nitrogens is 1. The molecule has 0 aliphatic carbocycles. The van der Waals surface area contributed by atoms with Crippen LogP contribution in [0.2, 0.25) is 0 Å². The van der Waals surface area contributed by atoms with Crippen LogP contribution < -0.4 is 10.9 Å². The van der Waals surface area contributed by atoms with Gasteiger partial charge in [0.05, 0.1) is 6.04 Å². The number of likely N-dealkylation sites (N-methyl/N-ethyl adjacent to an activating group) is 1. The lowest BCUT2D eigenvalue weighted by molar-refractivity contribution is -0.129. The number of hydrogen-bond donors (Lipinski definition) is 2. The Morgan fingerprint density at radius 3 is 2.90 bits per heavy atom. The Morgan fingerprint density at radius 2 is 2.15 bits per heavy atom. The highest BCUT2D eigenvalue weighted by Crippen LogP contribution is 2.20. The summed E-state index contributed by atoms with van der Waals surface area (Å²) in [6.45, 7) is 1.35. The normalized spacial score (nSPS) is 18.9. The van der Waals surface area contributed by atoms with Gasteiger partial charge in [0.25, 0.3) is 0 Å². The summed E-state index contributed by atoms with van der Waals surface area (Å²) >= 11 is 0. The third-order valence-electron chi connectivity index (χ3n) is 3.86. The Hall–Kier alpha value is -2.14. The molecule has 1 fully saturated rings. The van der Waals surface area contributed by atoms with Crippen LogP contribution in [0.1, 0.15) is 12.0 Å². The molecule has 1 amide bonds. The molecule has 1 aliphatic heterocycles. The smallest absolute Gasteiger partial charge is 0.248 e. The van der Waals surface area contributed by atoms with Gasteiger partial charge in [0.1, 0.15) is 0 Å². The topological polar surface area (TPSA) is 65.2 Å². The zero-order chi connectivity index (χ0) is 14.1. The van der Waals surface area contributed by atoms with Crippen molar-refractivity contribution in [2.45, 2.75) is 19.0 Å². The lowest BCUT2D eigenvalue weighted by atomic mass is 10.1. The van der Waals surface area contributed by atoms with E-state index < -0.39 is 0 Å². The van der Waals surface area contributed by atoms with Gasteiger partial charge in [-0.1, -0.05) is 12.1 Å². The summed E-state index contributed by atoms with van der Waals surface area (Å²) in [4.78, 5) is 28.2. The molecule has 5 heteroatoms. The fraction of sp³-hybridized carbons (Fsp3) is 0.333. The van der Waals surface area contributed by atoms with Gasteiger partial charge >= 0.3 is 0 Å². The Morgan fingerprint density at radius 1 is 1.30 bits per heavy atom. The van der Waals surface area contributed by atoms with E-state index in [0.29, 0.717) is 6.54 Å². The minimum absolute atomic E-state index is 0.0650. The van der Waals surface area contributed by atoms with Crippen molar-refractivity contribution in [1.29, 1.82) is 0 Å². The molecule has 2 heterocycles. The average molecular weight is 271 g/mol. The van der Waals surface area contributed by atoms with Gasteiger partial charge in [-0.15, -0.1) is 0 Å². The van der Waals surface area contributed by atoms with Crippen LogP contribution in [0.3, 0.4) is 0 Å². The lowest BCUT2D eigenvalue weighted by Crippen LogP contribution is -2.35. The number of hydrogen-bond acceptors (Lipinski definition) is 3. The number of amides is 1. The van der Waals surface area contributed by atoms with E-state index in [1.54, 1.807) is 0 Å². The van der Waals surface area contributed by atoms with E-state index in [1.807, 2.05) is 36.2 Å². The standard InChI is InChI=1S/C15H17N3O2/c1-16-13-7-8-18(15(13)20)9-10-3-2-4-12-11(10)5-6-14(19)17-12/h2-6,13,16H,7-9H2,1H3,(H,17,19)/t13-/m0/s1. The molecule has 2 aromatic rings. The van der Waals surface area contributed by atoms with Crippen molar-refractivity contribution < 1.29 is 4.79 Å². The van der Waals surface area contributed by atoms with Crippen LogP contribution in [-0.4, -0.2) is 35.4 Å². The molecule has 3 rings (SSSR count). The number of carbonyl (C=O) groups excluding carboxylic acids is 1. The maximum atomic E-state index is 12.1. The van der Waals surface area contributed by atoms with E-state index in [4.69, 9.17) is 0 Å². The quantitative estimate of drug-likeness (QED) is 0.869. The zero-order valence-electron chi connectivity index (χ0n) is 11.3. The lowest BCUT2D eigenvalue weighted by Gasteiger charge is -2.17. The van der Waals surface area contributed by atoms with Crippen molar-refractivity contribution in [3.8, 4) is 0 Å². The number of aromatic nitrogens is 1. The van der Waals surface area contributed by atoms with Crippen LogP contribution in [0, 0.1) is 0 Å². The number of rotatable bonds is 3. The van der Waals surface area contributed by atoms with Crippen LogP contribution in [0.4, 0.5) is 0 Å². The first-order chi connectivity index (χ1) is 9.69. The van der Waals surface area contributed by atoms with Crippen molar-refractivity contribution in [1.82, 2.24) is 15.2 Å². The first-order valence-electron chi connectivity index (χ1n) is 6.76. The zero-order valence-corrected chi connectivity index (χ0v) is 11.3. The van der Waals surface area contributed by atoms with E-state index in [0.717, 1.165) is 29.4 Å². The Balaban J connectivity index is 1.92. The average Bonchev–Trinajstić information content (AvgIpc) is 2.79. The van der Waals surface area contributed by atoms with Gasteiger partial charge in [0.15, 0.2) is 0 Å². The van der Waals surface area contributed by atoms with E-state index in [9.17, 15) is 9.59 Å². The third-order valence-corrected chi connectivity index (χ3v) is 3.86. The molecular formula is C15H17N3O2. The predicted molar refractivity (Wildman–Crippen MR) is 77.5 cm³/mol. The van der Waals surface area contributed by atoms with Gasteiger partial charge in [0, 0.05) is 30.1 Å². The number of aromatic amines is 1. The number of carbonyl (C=O) groups is 1. The van der Waals surface area contributed by atoms with Gasteiger partial charge in [-0.2, -0.15) is 0 Å². The summed E-state index contributed by atoms with van der Waals surface area (Å²) in [7, 11) is 1.81. The van der Waals surface area contributed by atoms with E-state index >= 15 is 0 Å². The summed E-state index contributed by atoms with van der Waals surface area (Å²) in [6, 6.07) is 9.06. The second-order valence-corrected chi connectivity index (χ2v) is 5.09. The number of nitrogens with zero attached hydrogens (tertiary/aromatic N) is 1. The molecule has 0 radical (unpaired) electrons. The van der Waals surface area contributed by atoms with Crippen LogP contribution in [0.5, 0.6) is 0 Å². The molecule has 1 atom stereocenters. The van der Waals surface area contributed by atoms with Gasteiger partial charge in [-0.3, -0.25) is 9.59 Å². The number of pyridine rings is 1. The predicted octanol–water partition coefficient (Wildman–Crippen LogP) is 0.848. The van der Waals surface area contributed by atoms with Crippen molar-refractivity contribution in [2.24, 2.45) is 0 Å². The molecule has 104 valence electrons. The van der Waals surface area contributed by atoms with Gasteiger partial charge < -0.3 is 15.2 Å². The van der Waals surface area contributed by atoms with Crippen LogP contribution in [0.25, 0.3) is 10.9 Å². The molecule has 20 heavy (non-hydrogen) atoms. The second-order valence-electron chi connectivity index (χ2n) is 5.09. The SMILES string of the molecule is CN[C@H]1CCN(Cc2cccc3[nH]c(=O)ccc23)C1=O. The van der Waals surface area contributed by atoms with Gasteiger partial charge in [-0.05, 0) is 31.2 Å². The number of likely N-dealkylation sites (tertiary alicyclic amines) is 1. The number of benzene rings is 1. The van der Waals surface area contributed by atoms with E-state index in [1.165, 1.54) is 6.07 Å². The molecule has 0 unspecified atom stereocenters. The van der Waals surface area contributed by atoms with Crippen LogP contribution >= 0.6 is 0 Å². The highest BCUT2D eigenvalue weighted by atomic mass is 16.2. The molecule has 1 aromatic heterocycles. The molecule has 1 aromatic carbocycles. The fourth-order valence-corrected chi connectivity index (χ4v) is 2.76. The first-order valence-corrected chi connectivity index (χ1v) is 6.76. The fourth-order valence-electron chi connectivity index (χ4n) is 2.76. The van der Waals surface area contributed by atoms with Crippen LogP contribution in [0.15, 0.2) is 35.1 Å². The molecule has 1 aliphatic rings. The molecule has 0 bridgehead atoms. The Bertz CT molecular complexity index is 708. The molecular weight excluding hydrogens is 254 g/mol. The number of nitrogens with one attached hydrogen (secondary N) is 2. The highest BCUT2D eigenvalue weighted by Gasteiger charge is 2.30. The molecule has 5 nitrogen and oxygen atoms in total. The van der Waals surface area contributed by atoms with Gasteiger partial charge in [0.2, 0.25) is 11.5 Å². The Labute approximate surface area is 116 Å².